The number of para-hydroxylation sites is 1. The number of hydrogen-bond donors (Lipinski definition) is 3. The van der Waals surface area contributed by atoms with Crippen LogP contribution in [0, 0.1) is 0 Å². The van der Waals surface area contributed by atoms with Crippen molar-refractivity contribution in [3.63, 3.8) is 0 Å². The number of thiocarbonyl (C=S) groups is 1. The van der Waals surface area contributed by atoms with E-state index >= 15 is 0 Å². The van der Waals surface area contributed by atoms with E-state index in [2.05, 4.69) is 30.5 Å². The molecule has 0 spiro atoms. The first-order chi connectivity index (χ1) is 9.56. The van der Waals surface area contributed by atoms with E-state index in [0.29, 0.717) is 11.0 Å². The van der Waals surface area contributed by atoms with Crippen LogP contribution < -0.4 is 10.6 Å². The van der Waals surface area contributed by atoms with Gasteiger partial charge in [-0.15, -0.1) is 0 Å². The molecule has 2 rings (SSSR count). The Labute approximate surface area is 124 Å². The molecule has 0 fully saturated rings. The summed E-state index contributed by atoms with van der Waals surface area (Å²) in [6, 6.07) is 14.9. The highest BCUT2D eigenvalue weighted by Gasteiger charge is 2.07. The Kier molecular flexibility index (Phi) is 4.58. The zero-order valence-corrected chi connectivity index (χ0v) is 12.4. The van der Waals surface area contributed by atoms with Gasteiger partial charge in [0.05, 0.1) is 0 Å². The molecule has 3 nitrogen and oxygen atoms in total. The fourth-order valence-electron chi connectivity index (χ4n) is 1.94. The fraction of sp³-hybridized carbons (Fsp3) is 0.188. The summed E-state index contributed by atoms with van der Waals surface area (Å²) < 4.78 is 0. The number of rotatable bonds is 3. The van der Waals surface area contributed by atoms with Crippen molar-refractivity contribution in [2.45, 2.75) is 19.8 Å². The lowest BCUT2D eigenvalue weighted by Gasteiger charge is -2.16. The molecule has 20 heavy (non-hydrogen) atoms. The molecule has 0 radical (unpaired) electrons. The fourth-order valence-corrected chi connectivity index (χ4v) is 2.17. The Bertz CT molecular complexity index is 594. The number of hydrogen-bond acceptors (Lipinski definition) is 2. The highest BCUT2D eigenvalue weighted by molar-refractivity contribution is 7.80. The molecule has 0 unspecified atom stereocenters. The third-order valence-corrected chi connectivity index (χ3v) is 3.16. The van der Waals surface area contributed by atoms with Crippen molar-refractivity contribution < 1.29 is 5.11 Å². The minimum absolute atomic E-state index is 0.236. The number of anilines is 2. The summed E-state index contributed by atoms with van der Waals surface area (Å²) in [5.41, 5.74) is 3.07. The monoisotopic (exact) mass is 286 g/mol. The molecule has 2 aromatic carbocycles. The standard InChI is InChI=1S/C16H18N2OS/c1-11(2)14-5-3-4-6-15(14)18-16(20)17-12-7-9-13(19)10-8-12/h3-11,19H,1-2H3,(H2,17,18,20). The van der Waals surface area contributed by atoms with E-state index in [1.54, 1.807) is 24.3 Å². The molecule has 0 amide bonds. The maximum atomic E-state index is 9.25. The minimum Gasteiger partial charge on any atom is -0.508 e. The first kappa shape index (κ1) is 14.3. The zero-order chi connectivity index (χ0) is 14.5. The average molecular weight is 286 g/mol. The lowest BCUT2D eigenvalue weighted by molar-refractivity contribution is 0.475. The second-order valence-corrected chi connectivity index (χ2v) is 5.28. The van der Waals surface area contributed by atoms with Crippen molar-refractivity contribution >= 4 is 28.7 Å². The summed E-state index contributed by atoms with van der Waals surface area (Å²) in [5.74, 6) is 0.662. The van der Waals surface area contributed by atoms with Crippen LogP contribution in [0.5, 0.6) is 5.75 Å². The summed E-state index contributed by atoms with van der Waals surface area (Å²) >= 11 is 5.31. The maximum Gasteiger partial charge on any atom is 0.175 e. The van der Waals surface area contributed by atoms with E-state index in [1.165, 1.54) is 5.56 Å². The summed E-state index contributed by atoms with van der Waals surface area (Å²) in [7, 11) is 0. The lowest BCUT2D eigenvalue weighted by atomic mass is 10.0. The van der Waals surface area contributed by atoms with Gasteiger partial charge in [0.15, 0.2) is 5.11 Å². The molecule has 4 heteroatoms. The van der Waals surface area contributed by atoms with Crippen LogP contribution in [-0.2, 0) is 0 Å². The van der Waals surface area contributed by atoms with Crippen LogP contribution >= 0.6 is 12.2 Å². The third-order valence-electron chi connectivity index (χ3n) is 2.96. The molecule has 0 saturated carbocycles. The van der Waals surface area contributed by atoms with Crippen LogP contribution in [0.2, 0.25) is 0 Å². The van der Waals surface area contributed by atoms with Crippen LogP contribution in [0.3, 0.4) is 0 Å². The number of phenolic OH excluding ortho intramolecular Hbond substituents is 1. The summed E-state index contributed by atoms with van der Waals surface area (Å²) in [5, 5.41) is 16.1. The molecule has 0 atom stereocenters. The van der Waals surface area contributed by atoms with Gasteiger partial charge >= 0.3 is 0 Å². The zero-order valence-electron chi connectivity index (χ0n) is 11.6. The molecule has 0 bridgehead atoms. The van der Waals surface area contributed by atoms with Gasteiger partial charge in [-0.05, 0) is 54.0 Å². The summed E-state index contributed by atoms with van der Waals surface area (Å²) in [4.78, 5) is 0. The van der Waals surface area contributed by atoms with E-state index in [9.17, 15) is 5.11 Å². The summed E-state index contributed by atoms with van der Waals surface area (Å²) in [6.07, 6.45) is 0. The van der Waals surface area contributed by atoms with Gasteiger partial charge in [0.25, 0.3) is 0 Å². The molecule has 0 aromatic heterocycles. The van der Waals surface area contributed by atoms with E-state index in [0.717, 1.165) is 11.4 Å². The van der Waals surface area contributed by atoms with Gasteiger partial charge in [0.1, 0.15) is 5.75 Å². The summed E-state index contributed by atoms with van der Waals surface area (Å²) in [6.45, 7) is 4.30. The van der Waals surface area contributed by atoms with Crippen LogP contribution in [0.25, 0.3) is 0 Å². The number of nitrogens with one attached hydrogen (secondary N) is 2. The predicted octanol–water partition coefficient (Wildman–Crippen LogP) is 4.32. The highest BCUT2D eigenvalue weighted by Crippen LogP contribution is 2.24. The van der Waals surface area contributed by atoms with Crippen LogP contribution in [0.4, 0.5) is 11.4 Å². The second-order valence-electron chi connectivity index (χ2n) is 4.87. The molecule has 3 N–H and O–H groups in total. The minimum atomic E-state index is 0.236. The van der Waals surface area contributed by atoms with Gasteiger partial charge in [0, 0.05) is 11.4 Å². The molecule has 0 saturated heterocycles. The number of benzene rings is 2. The largest absolute Gasteiger partial charge is 0.508 e. The predicted molar refractivity (Wildman–Crippen MR) is 88.5 cm³/mol. The van der Waals surface area contributed by atoms with Crippen molar-refractivity contribution in [1.29, 1.82) is 0 Å². The van der Waals surface area contributed by atoms with Crippen molar-refractivity contribution in [3.05, 3.63) is 54.1 Å². The highest BCUT2D eigenvalue weighted by atomic mass is 32.1. The van der Waals surface area contributed by atoms with Crippen molar-refractivity contribution in [2.75, 3.05) is 10.6 Å². The SMILES string of the molecule is CC(C)c1ccccc1NC(=S)Nc1ccc(O)cc1. The topological polar surface area (TPSA) is 44.3 Å². The molecule has 0 aliphatic carbocycles. The van der Waals surface area contributed by atoms with Gasteiger partial charge in [-0.1, -0.05) is 32.0 Å². The molecule has 0 aliphatic heterocycles. The van der Waals surface area contributed by atoms with Crippen LogP contribution in [0.1, 0.15) is 25.3 Å². The van der Waals surface area contributed by atoms with Gasteiger partial charge in [0.2, 0.25) is 0 Å². The Morgan fingerprint density at radius 3 is 2.30 bits per heavy atom. The first-order valence-electron chi connectivity index (χ1n) is 6.52. The smallest absolute Gasteiger partial charge is 0.175 e. The Morgan fingerprint density at radius 2 is 1.65 bits per heavy atom. The van der Waals surface area contributed by atoms with Crippen LogP contribution in [-0.4, -0.2) is 10.2 Å². The number of phenols is 1. The van der Waals surface area contributed by atoms with E-state index in [4.69, 9.17) is 12.2 Å². The van der Waals surface area contributed by atoms with Crippen molar-refractivity contribution in [2.24, 2.45) is 0 Å². The van der Waals surface area contributed by atoms with E-state index in [1.807, 2.05) is 18.2 Å². The lowest BCUT2D eigenvalue weighted by Crippen LogP contribution is -2.20. The van der Waals surface area contributed by atoms with Gasteiger partial charge in [-0.3, -0.25) is 0 Å². The normalized spacial score (nSPS) is 10.3. The molecular weight excluding hydrogens is 268 g/mol. The molecule has 104 valence electrons. The average Bonchev–Trinajstić information content (AvgIpc) is 2.41. The number of aromatic hydroxyl groups is 1. The molecular formula is C16H18N2OS. The van der Waals surface area contributed by atoms with Crippen molar-refractivity contribution in [3.8, 4) is 5.75 Å². The van der Waals surface area contributed by atoms with Gasteiger partial charge < -0.3 is 15.7 Å². The van der Waals surface area contributed by atoms with Crippen LogP contribution in [0.15, 0.2) is 48.5 Å². The third kappa shape index (κ3) is 3.71. The first-order valence-corrected chi connectivity index (χ1v) is 6.93. The molecule has 0 heterocycles. The van der Waals surface area contributed by atoms with E-state index < -0.39 is 0 Å². The Morgan fingerprint density at radius 1 is 1.00 bits per heavy atom. The van der Waals surface area contributed by atoms with Crippen molar-refractivity contribution in [1.82, 2.24) is 0 Å². The second kappa shape index (κ2) is 6.39. The Hall–Kier alpha value is -2.07. The van der Waals surface area contributed by atoms with Gasteiger partial charge in [-0.2, -0.15) is 0 Å². The Balaban J connectivity index is 2.07. The quantitative estimate of drug-likeness (QED) is 0.580. The molecule has 2 aromatic rings. The van der Waals surface area contributed by atoms with Gasteiger partial charge in [-0.25, -0.2) is 0 Å². The molecule has 0 aliphatic rings. The van der Waals surface area contributed by atoms with E-state index in [-0.39, 0.29) is 5.75 Å². The maximum absolute atomic E-state index is 9.25.